The zero-order valence-electron chi connectivity index (χ0n) is 15.0. The van der Waals surface area contributed by atoms with E-state index in [1.807, 2.05) is 54.6 Å². The van der Waals surface area contributed by atoms with Gasteiger partial charge in [0, 0.05) is 32.0 Å². The Labute approximate surface area is 147 Å². The van der Waals surface area contributed by atoms with E-state index in [9.17, 15) is 9.59 Å². The van der Waals surface area contributed by atoms with Crippen LogP contribution in [0.4, 0.5) is 0 Å². The maximum absolute atomic E-state index is 12.8. The molecule has 6 heteroatoms. The van der Waals surface area contributed by atoms with Crippen LogP contribution in [-0.4, -0.2) is 32.8 Å². The van der Waals surface area contributed by atoms with E-state index in [1.165, 1.54) is 0 Å². The van der Waals surface area contributed by atoms with Gasteiger partial charge < -0.3 is 14.8 Å². The van der Waals surface area contributed by atoms with Gasteiger partial charge in [0.05, 0.1) is 24.5 Å². The molecule has 0 unspecified atom stereocenters. The molecule has 2 heterocycles. The molecule has 0 aliphatic carbocycles. The number of carbonyl (C=O) groups excluding carboxylic acids is 2. The van der Waals surface area contributed by atoms with Gasteiger partial charge in [-0.3, -0.25) is 9.59 Å². The van der Waals surface area contributed by atoms with Crippen LogP contribution in [0.15, 0.2) is 24.3 Å². The highest BCUT2D eigenvalue weighted by Gasteiger charge is 2.26. The second kappa shape index (κ2) is 7.09. The zero-order valence-corrected chi connectivity index (χ0v) is 15.0. The fraction of sp³-hybridized carbons (Fsp3) is 0.421. The van der Waals surface area contributed by atoms with E-state index in [2.05, 4.69) is 10.3 Å². The molecule has 2 amide bonds. The molecule has 0 spiro atoms. The summed E-state index contributed by atoms with van der Waals surface area (Å²) < 4.78 is 2.00. The molecule has 2 aromatic rings. The van der Waals surface area contributed by atoms with Crippen molar-refractivity contribution in [3.05, 3.63) is 52.6 Å². The first-order valence-electron chi connectivity index (χ1n) is 8.66. The van der Waals surface area contributed by atoms with Gasteiger partial charge in [0.15, 0.2) is 0 Å². The van der Waals surface area contributed by atoms with Crippen LogP contribution in [-0.2, 0) is 31.4 Å². The largest absolute Gasteiger partial charge is 0.349 e. The number of aryl methyl sites for hydroxylation is 1. The van der Waals surface area contributed by atoms with Gasteiger partial charge in [0.2, 0.25) is 5.91 Å². The van der Waals surface area contributed by atoms with Crippen molar-refractivity contribution in [1.82, 2.24) is 19.8 Å². The van der Waals surface area contributed by atoms with Crippen molar-refractivity contribution < 1.29 is 9.59 Å². The van der Waals surface area contributed by atoms with Gasteiger partial charge in [-0.15, -0.1) is 0 Å². The Hall–Kier alpha value is -2.63. The van der Waals surface area contributed by atoms with Gasteiger partial charge in [-0.1, -0.05) is 25.1 Å². The highest BCUT2D eigenvalue weighted by molar-refractivity contribution is 5.95. The molecular weight excluding hydrogens is 316 g/mol. The smallest absolute Gasteiger partial charge is 0.254 e. The minimum atomic E-state index is 0.0114. The van der Waals surface area contributed by atoms with Gasteiger partial charge in [0.1, 0.15) is 5.82 Å². The Kier molecular flexibility index (Phi) is 4.88. The number of carbonyl (C=O) groups is 2. The minimum Gasteiger partial charge on any atom is -0.349 e. The number of imidazole rings is 1. The summed E-state index contributed by atoms with van der Waals surface area (Å²) in [5, 5.41) is 2.86. The maximum atomic E-state index is 12.8. The Balaban J connectivity index is 1.77. The lowest BCUT2D eigenvalue weighted by molar-refractivity contribution is -0.120. The van der Waals surface area contributed by atoms with Crippen LogP contribution < -0.4 is 5.32 Å². The molecule has 0 fully saturated rings. The molecule has 0 saturated carbocycles. The first-order chi connectivity index (χ1) is 12.0. The SMILES string of the molecule is CCC(=O)NCc1nc2c(n1C)CN(C(=O)c1ccccc1C)CC2. The molecule has 0 saturated heterocycles. The van der Waals surface area contributed by atoms with Crippen LogP contribution in [0.5, 0.6) is 0 Å². The number of benzene rings is 1. The lowest BCUT2D eigenvalue weighted by atomic mass is 10.1. The molecule has 3 rings (SSSR count). The number of hydrogen-bond donors (Lipinski definition) is 1. The highest BCUT2D eigenvalue weighted by atomic mass is 16.2. The van der Waals surface area contributed by atoms with Gasteiger partial charge in [0.25, 0.3) is 5.91 Å². The maximum Gasteiger partial charge on any atom is 0.254 e. The standard InChI is InChI=1S/C19H24N4O2/c1-4-18(24)20-11-17-21-15-9-10-23(12-16(15)22(17)3)19(25)14-8-6-5-7-13(14)2/h5-8H,4,9-12H2,1-3H3,(H,20,24). The number of nitrogens with zero attached hydrogens (tertiary/aromatic N) is 3. The number of nitrogens with one attached hydrogen (secondary N) is 1. The van der Waals surface area contributed by atoms with Crippen LogP contribution in [0.1, 0.15) is 46.5 Å². The Morgan fingerprint density at radius 1 is 1.28 bits per heavy atom. The van der Waals surface area contributed by atoms with Gasteiger partial charge in [-0.25, -0.2) is 4.98 Å². The third-order valence-electron chi connectivity index (χ3n) is 4.78. The third kappa shape index (κ3) is 3.43. The summed E-state index contributed by atoms with van der Waals surface area (Å²) in [6, 6.07) is 7.68. The molecule has 132 valence electrons. The number of aromatic nitrogens is 2. The Bertz CT molecular complexity index is 810. The first kappa shape index (κ1) is 17.2. The van der Waals surface area contributed by atoms with Gasteiger partial charge >= 0.3 is 0 Å². The summed E-state index contributed by atoms with van der Waals surface area (Å²) in [7, 11) is 1.95. The van der Waals surface area contributed by atoms with Crippen LogP contribution in [0.25, 0.3) is 0 Å². The predicted octanol–water partition coefficient (Wildman–Crippen LogP) is 1.95. The fourth-order valence-electron chi connectivity index (χ4n) is 3.16. The van der Waals surface area contributed by atoms with Crippen molar-refractivity contribution in [2.24, 2.45) is 7.05 Å². The van der Waals surface area contributed by atoms with E-state index in [0.29, 0.717) is 26.1 Å². The van der Waals surface area contributed by atoms with Crippen molar-refractivity contribution >= 4 is 11.8 Å². The Morgan fingerprint density at radius 3 is 2.76 bits per heavy atom. The average Bonchev–Trinajstić information content (AvgIpc) is 2.95. The van der Waals surface area contributed by atoms with E-state index in [-0.39, 0.29) is 11.8 Å². The molecule has 25 heavy (non-hydrogen) atoms. The number of rotatable bonds is 4. The molecule has 1 aliphatic rings. The topological polar surface area (TPSA) is 67.2 Å². The van der Waals surface area contributed by atoms with Gasteiger partial charge in [-0.05, 0) is 18.6 Å². The third-order valence-corrected chi connectivity index (χ3v) is 4.78. The normalized spacial score (nSPS) is 13.5. The van der Waals surface area contributed by atoms with E-state index in [1.54, 1.807) is 0 Å². The average molecular weight is 340 g/mol. The molecule has 1 aromatic carbocycles. The Morgan fingerprint density at radius 2 is 2.04 bits per heavy atom. The first-order valence-corrected chi connectivity index (χ1v) is 8.66. The van der Waals surface area contributed by atoms with Crippen molar-refractivity contribution in [3.8, 4) is 0 Å². The van der Waals surface area contributed by atoms with Crippen molar-refractivity contribution in [2.75, 3.05) is 6.54 Å². The van der Waals surface area contributed by atoms with Crippen LogP contribution in [0.3, 0.4) is 0 Å². The molecular formula is C19H24N4O2. The zero-order chi connectivity index (χ0) is 18.0. The fourth-order valence-corrected chi connectivity index (χ4v) is 3.16. The summed E-state index contributed by atoms with van der Waals surface area (Å²) >= 11 is 0. The monoisotopic (exact) mass is 340 g/mol. The molecule has 1 aliphatic heterocycles. The summed E-state index contributed by atoms with van der Waals surface area (Å²) in [5.41, 5.74) is 3.82. The lowest BCUT2D eigenvalue weighted by Gasteiger charge is -2.27. The van der Waals surface area contributed by atoms with Crippen molar-refractivity contribution in [2.45, 2.75) is 39.8 Å². The summed E-state index contributed by atoms with van der Waals surface area (Å²) in [6.07, 6.45) is 1.20. The van der Waals surface area contributed by atoms with Crippen LogP contribution in [0, 0.1) is 6.92 Å². The van der Waals surface area contributed by atoms with Crippen LogP contribution >= 0.6 is 0 Å². The summed E-state index contributed by atoms with van der Waals surface area (Å²) in [4.78, 5) is 30.8. The van der Waals surface area contributed by atoms with E-state index < -0.39 is 0 Å². The quantitative estimate of drug-likeness (QED) is 0.925. The van der Waals surface area contributed by atoms with E-state index >= 15 is 0 Å². The highest BCUT2D eigenvalue weighted by Crippen LogP contribution is 2.22. The number of fused-ring (bicyclic) bond motifs is 1. The predicted molar refractivity (Wildman–Crippen MR) is 95.0 cm³/mol. The second-order valence-electron chi connectivity index (χ2n) is 6.40. The summed E-state index contributed by atoms with van der Waals surface area (Å²) in [6.45, 7) is 5.42. The molecule has 0 radical (unpaired) electrons. The number of amides is 2. The number of hydrogen-bond acceptors (Lipinski definition) is 3. The van der Waals surface area contributed by atoms with E-state index in [4.69, 9.17) is 0 Å². The lowest BCUT2D eigenvalue weighted by Crippen LogP contribution is -2.37. The van der Waals surface area contributed by atoms with Crippen molar-refractivity contribution in [3.63, 3.8) is 0 Å². The van der Waals surface area contributed by atoms with Gasteiger partial charge in [-0.2, -0.15) is 0 Å². The van der Waals surface area contributed by atoms with E-state index in [0.717, 1.165) is 34.8 Å². The molecule has 0 bridgehead atoms. The van der Waals surface area contributed by atoms with Crippen molar-refractivity contribution in [1.29, 1.82) is 0 Å². The molecule has 1 aromatic heterocycles. The second-order valence-corrected chi connectivity index (χ2v) is 6.40. The molecule has 1 N–H and O–H groups in total. The summed E-state index contributed by atoms with van der Waals surface area (Å²) in [5.74, 6) is 0.903. The minimum absolute atomic E-state index is 0.0114. The molecule has 6 nitrogen and oxygen atoms in total. The van der Waals surface area contributed by atoms with Crippen LogP contribution in [0.2, 0.25) is 0 Å². The molecule has 0 atom stereocenters.